The molecule has 0 aliphatic carbocycles. The average molecular weight is 506 g/mol. The van der Waals surface area contributed by atoms with E-state index in [9.17, 15) is 15.3 Å². The molecule has 3 aromatic rings. The van der Waals surface area contributed by atoms with Gasteiger partial charge in [0.15, 0.2) is 0 Å². The van der Waals surface area contributed by atoms with Gasteiger partial charge in [-0.3, -0.25) is 0 Å². The van der Waals surface area contributed by atoms with Gasteiger partial charge < -0.3 is 15.2 Å². The number of hydrogen-bond donors (Lipinski definition) is 1. The fourth-order valence-corrected chi connectivity index (χ4v) is 5.66. The average Bonchev–Trinajstić information content (AvgIpc) is 3.37. The molecule has 178 valence electrons. The van der Waals surface area contributed by atoms with E-state index in [1.165, 1.54) is 23.1 Å². The summed E-state index contributed by atoms with van der Waals surface area (Å²) in [5, 5.41) is 22.8. The van der Waals surface area contributed by atoms with Crippen molar-refractivity contribution in [1.82, 2.24) is 9.97 Å². The number of rotatable bonds is 7. The van der Waals surface area contributed by atoms with Crippen LogP contribution in [0, 0.1) is 22.7 Å². The number of esters is 1. The lowest BCUT2D eigenvalue weighted by atomic mass is 9.94. The summed E-state index contributed by atoms with van der Waals surface area (Å²) in [4.78, 5) is 20.9. The topological polar surface area (TPSA) is 135 Å². The quantitative estimate of drug-likeness (QED) is 0.338. The number of thioether (sulfide) groups is 1. The Hall–Kier alpha value is -3.44. The fourth-order valence-electron chi connectivity index (χ4n) is 3.83. The molecule has 0 amide bonds. The van der Waals surface area contributed by atoms with Crippen LogP contribution in [0.2, 0.25) is 0 Å². The molecule has 35 heavy (non-hydrogen) atoms. The van der Waals surface area contributed by atoms with Crippen molar-refractivity contribution in [2.24, 2.45) is 0 Å². The van der Waals surface area contributed by atoms with Crippen molar-refractivity contribution < 1.29 is 14.3 Å². The third kappa shape index (κ3) is 5.46. The van der Waals surface area contributed by atoms with E-state index in [0.29, 0.717) is 40.7 Å². The van der Waals surface area contributed by atoms with E-state index in [4.69, 9.17) is 20.2 Å². The summed E-state index contributed by atoms with van der Waals surface area (Å²) >= 11 is 2.85. The van der Waals surface area contributed by atoms with Crippen molar-refractivity contribution in [1.29, 1.82) is 10.5 Å². The van der Waals surface area contributed by atoms with Gasteiger partial charge in [0.1, 0.15) is 33.6 Å². The predicted octanol–water partition coefficient (Wildman–Crippen LogP) is 5.24. The van der Waals surface area contributed by atoms with E-state index in [0.717, 1.165) is 35.5 Å². The number of carbonyl (C=O) groups excluding carboxylic acids is 1. The van der Waals surface area contributed by atoms with E-state index in [2.05, 4.69) is 17.1 Å². The highest BCUT2D eigenvalue weighted by Gasteiger charge is 2.27. The van der Waals surface area contributed by atoms with E-state index < -0.39 is 0 Å². The van der Waals surface area contributed by atoms with Crippen LogP contribution in [0.5, 0.6) is 0 Å². The van der Waals surface area contributed by atoms with E-state index >= 15 is 0 Å². The largest absolute Gasteiger partial charge is 0.462 e. The number of ether oxygens (including phenoxy) is 2. The minimum atomic E-state index is -0.351. The molecule has 0 spiro atoms. The van der Waals surface area contributed by atoms with Crippen LogP contribution < -0.4 is 5.73 Å². The van der Waals surface area contributed by atoms with Crippen LogP contribution in [0.4, 0.5) is 5.82 Å². The molecule has 2 N–H and O–H groups in total. The number of carbonyl (C=O) groups is 1. The Balaban J connectivity index is 1.54. The van der Waals surface area contributed by atoms with Gasteiger partial charge in [0.05, 0.1) is 29.5 Å². The minimum absolute atomic E-state index is 0.110. The Labute approximate surface area is 211 Å². The second kappa shape index (κ2) is 11.3. The Morgan fingerprint density at radius 1 is 1.23 bits per heavy atom. The van der Waals surface area contributed by atoms with Gasteiger partial charge in [0, 0.05) is 28.9 Å². The smallest absolute Gasteiger partial charge is 0.338 e. The molecule has 1 aromatic carbocycles. The van der Waals surface area contributed by atoms with Gasteiger partial charge >= 0.3 is 5.97 Å². The van der Waals surface area contributed by atoms with E-state index in [1.54, 1.807) is 19.1 Å². The first-order chi connectivity index (χ1) is 17.0. The number of thiazole rings is 1. The van der Waals surface area contributed by atoms with Crippen LogP contribution in [-0.4, -0.2) is 29.2 Å². The summed E-state index contributed by atoms with van der Waals surface area (Å²) in [6.45, 7) is 2.69. The third-order valence-corrected chi connectivity index (χ3v) is 7.46. The van der Waals surface area contributed by atoms with Gasteiger partial charge in [-0.1, -0.05) is 23.9 Å². The third-order valence-electron chi connectivity index (χ3n) is 5.51. The van der Waals surface area contributed by atoms with Gasteiger partial charge in [0.2, 0.25) is 0 Å². The highest BCUT2D eigenvalue weighted by atomic mass is 32.2. The normalized spacial score (nSPS) is 15.2. The van der Waals surface area contributed by atoms with Crippen LogP contribution in [0.3, 0.4) is 0 Å². The lowest BCUT2D eigenvalue weighted by Crippen LogP contribution is -2.16. The summed E-state index contributed by atoms with van der Waals surface area (Å²) in [6, 6.07) is 11.5. The number of benzene rings is 1. The van der Waals surface area contributed by atoms with Crippen molar-refractivity contribution >= 4 is 34.9 Å². The van der Waals surface area contributed by atoms with Crippen LogP contribution in [0.25, 0.3) is 10.6 Å². The molecule has 1 saturated heterocycles. The Morgan fingerprint density at radius 3 is 2.66 bits per heavy atom. The van der Waals surface area contributed by atoms with Crippen molar-refractivity contribution in [3.63, 3.8) is 0 Å². The minimum Gasteiger partial charge on any atom is -0.462 e. The molecule has 2 aromatic heterocycles. The van der Waals surface area contributed by atoms with Gasteiger partial charge in [-0.15, -0.1) is 11.3 Å². The number of nitrogen functional groups attached to an aromatic ring is 1. The summed E-state index contributed by atoms with van der Waals surface area (Å²) in [5.74, 6) is 0.240. The molecule has 0 radical (unpaired) electrons. The Morgan fingerprint density at radius 2 is 2.00 bits per heavy atom. The second-order valence-corrected chi connectivity index (χ2v) is 9.60. The Bertz CT molecular complexity index is 1300. The number of pyridine rings is 1. The molecule has 4 rings (SSSR count). The molecule has 1 fully saturated rings. The standard InChI is InChI=1S/C25H23N5O3S2/c1-2-32-25(31)16-8-6-15(7-9-16)23-29-17(13-34-23)14-35-24-19(12-27)21(18(11-26)22(28)30-24)20-5-3-4-10-33-20/h6-9,13,20H,2-5,10,14H2,1H3,(H2,28,30)/t20-/m0/s1. The number of anilines is 1. The first-order valence-corrected chi connectivity index (χ1v) is 13.0. The molecule has 0 saturated carbocycles. The zero-order chi connectivity index (χ0) is 24.8. The second-order valence-electron chi connectivity index (χ2n) is 7.78. The zero-order valence-electron chi connectivity index (χ0n) is 19.1. The van der Waals surface area contributed by atoms with Crippen LogP contribution in [0.15, 0.2) is 34.7 Å². The lowest BCUT2D eigenvalue weighted by molar-refractivity contribution is 0.0145. The molecular weight excluding hydrogens is 482 g/mol. The van der Waals surface area contributed by atoms with Crippen LogP contribution >= 0.6 is 23.1 Å². The van der Waals surface area contributed by atoms with Gasteiger partial charge in [0.25, 0.3) is 0 Å². The summed E-state index contributed by atoms with van der Waals surface area (Å²) in [7, 11) is 0. The lowest BCUT2D eigenvalue weighted by Gasteiger charge is -2.25. The maximum Gasteiger partial charge on any atom is 0.338 e. The van der Waals surface area contributed by atoms with Gasteiger partial charge in [-0.2, -0.15) is 10.5 Å². The molecule has 1 aliphatic heterocycles. The predicted molar refractivity (Wildman–Crippen MR) is 134 cm³/mol. The number of aromatic nitrogens is 2. The maximum atomic E-state index is 11.9. The maximum absolute atomic E-state index is 11.9. The molecule has 0 unspecified atom stereocenters. The number of hydrogen-bond acceptors (Lipinski definition) is 10. The molecule has 1 aliphatic rings. The SMILES string of the molecule is CCOC(=O)c1ccc(-c2nc(CSc3nc(N)c(C#N)c([C@@H]4CCCCO4)c3C#N)cs2)cc1. The molecule has 1 atom stereocenters. The zero-order valence-corrected chi connectivity index (χ0v) is 20.7. The molecule has 0 bridgehead atoms. The molecular formula is C25H23N5O3S2. The van der Waals surface area contributed by atoms with Crippen molar-refractivity contribution in [3.05, 3.63) is 57.6 Å². The van der Waals surface area contributed by atoms with E-state index in [1.807, 2.05) is 17.5 Å². The van der Waals surface area contributed by atoms with Crippen molar-refractivity contribution in [3.8, 4) is 22.7 Å². The highest BCUT2D eigenvalue weighted by Crippen LogP contribution is 2.38. The summed E-state index contributed by atoms with van der Waals surface area (Å²) in [5.41, 5.74) is 9.44. The van der Waals surface area contributed by atoms with Crippen LogP contribution in [0.1, 0.15) is 65.0 Å². The fraction of sp³-hybridized carbons (Fsp3) is 0.320. The number of nitrogens with zero attached hydrogens (tertiary/aromatic N) is 4. The molecule has 3 heterocycles. The van der Waals surface area contributed by atoms with Crippen LogP contribution in [-0.2, 0) is 15.2 Å². The number of nitriles is 2. The first kappa shape index (κ1) is 24.7. The first-order valence-electron chi connectivity index (χ1n) is 11.2. The Kier molecular flexibility index (Phi) is 7.98. The van der Waals surface area contributed by atoms with Crippen molar-refractivity contribution in [2.45, 2.75) is 43.1 Å². The van der Waals surface area contributed by atoms with E-state index in [-0.39, 0.29) is 23.5 Å². The van der Waals surface area contributed by atoms with Gasteiger partial charge in [-0.05, 0) is 38.3 Å². The monoisotopic (exact) mass is 505 g/mol. The molecule has 10 heteroatoms. The summed E-state index contributed by atoms with van der Waals surface area (Å²) in [6.07, 6.45) is 2.33. The highest BCUT2D eigenvalue weighted by molar-refractivity contribution is 7.98. The van der Waals surface area contributed by atoms with Crippen molar-refractivity contribution in [2.75, 3.05) is 18.9 Å². The summed E-state index contributed by atoms with van der Waals surface area (Å²) < 4.78 is 10.9. The molecule has 8 nitrogen and oxygen atoms in total. The van der Waals surface area contributed by atoms with Gasteiger partial charge in [-0.25, -0.2) is 14.8 Å². The number of nitrogens with two attached hydrogens (primary N) is 1.